The first-order chi connectivity index (χ1) is 14.1. The van der Waals surface area contributed by atoms with Gasteiger partial charge in [0.1, 0.15) is 5.41 Å². The number of carbonyl (C=O) groups is 2. The first-order valence-electron chi connectivity index (χ1n) is 9.91. The minimum atomic E-state index is -0.882. The maximum absolute atomic E-state index is 12.1. The van der Waals surface area contributed by atoms with E-state index in [0.29, 0.717) is 6.42 Å². The monoisotopic (exact) mass is 408 g/mol. The fourth-order valence-corrected chi connectivity index (χ4v) is 4.43. The quantitative estimate of drug-likeness (QED) is 0.621. The van der Waals surface area contributed by atoms with Gasteiger partial charge in [-0.2, -0.15) is 0 Å². The van der Waals surface area contributed by atoms with Gasteiger partial charge in [-0.3, -0.25) is 19.8 Å². The lowest BCUT2D eigenvalue weighted by Crippen LogP contribution is -2.45. The van der Waals surface area contributed by atoms with Gasteiger partial charge in [0.05, 0.1) is 6.42 Å². The van der Waals surface area contributed by atoms with Crippen LogP contribution >= 0.6 is 11.3 Å². The second-order valence-electron chi connectivity index (χ2n) is 7.51. The van der Waals surface area contributed by atoms with Gasteiger partial charge in [0.25, 0.3) is 0 Å². The maximum Gasteiger partial charge on any atom is 0.245 e. The third-order valence-corrected chi connectivity index (χ3v) is 6.45. The molecular formula is C22H24N4O2S. The van der Waals surface area contributed by atoms with Gasteiger partial charge >= 0.3 is 0 Å². The van der Waals surface area contributed by atoms with E-state index in [9.17, 15) is 9.59 Å². The third-order valence-electron chi connectivity index (χ3n) is 5.62. The van der Waals surface area contributed by atoms with E-state index in [1.54, 1.807) is 11.3 Å². The molecule has 2 aromatic rings. The summed E-state index contributed by atoms with van der Waals surface area (Å²) in [6, 6.07) is 8.17. The molecule has 2 amide bonds. The van der Waals surface area contributed by atoms with Gasteiger partial charge in [-0.05, 0) is 24.1 Å². The van der Waals surface area contributed by atoms with Crippen molar-refractivity contribution in [2.45, 2.75) is 26.3 Å². The molecule has 150 valence electrons. The molecule has 1 atom stereocenters. The van der Waals surface area contributed by atoms with Crippen LogP contribution in [0.1, 0.15) is 30.9 Å². The summed E-state index contributed by atoms with van der Waals surface area (Å²) in [5.74, 6) is 5.64. The van der Waals surface area contributed by atoms with Crippen LogP contribution < -0.4 is 10.2 Å². The standard InChI is InChI=1S/C22H24N4O2S/c1-2-22(15-19(27)24-20(22)28)8-7-17-3-5-18(6-4-17)16-25-10-12-26(13-11-25)21-23-9-14-29-21/h3-6,9,14H,2,10-13,15-16H2,1H3,(H,24,27,28)/t22-/m1/s1. The molecule has 2 aliphatic rings. The minimum Gasteiger partial charge on any atom is -0.346 e. The topological polar surface area (TPSA) is 65.5 Å². The van der Waals surface area contributed by atoms with E-state index in [2.05, 4.69) is 44.1 Å². The fourth-order valence-electron chi connectivity index (χ4n) is 3.73. The first-order valence-corrected chi connectivity index (χ1v) is 10.8. The number of nitrogens with one attached hydrogen (secondary N) is 1. The molecule has 0 saturated carbocycles. The van der Waals surface area contributed by atoms with Crippen molar-refractivity contribution in [1.82, 2.24) is 15.2 Å². The van der Waals surface area contributed by atoms with Crippen LogP contribution in [-0.4, -0.2) is 47.9 Å². The molecule has 3 heterocycles. The minimum absolute atomic E-state index is 0.153. The lowest BCUT2D eigenvalue weighted by molar-refractivity contribution is -0.127. The molecule has 1 N–H and O–H groups in total. The second kappa shape index (κ2) is 8.36. The Morgan fingerprint density at radius 1 is 1.17 bits per heavy atom. The lowest BCUT2D eigenvalue weighted by Gasteiger charge is -2.34. The van der Waals surface area contributed by atoms with Crippen LogP contribution in [0.5, 0.6) is 0 Å². The van der Waals surface area contributed by atoms with Crippen molar-refractivity contribution in [2.75, 3.05) is 31.1 Å². The number of piperazine rings is 1. The number of nitrogens with zero attached hydrogens (tertiary/aromatic N) is 3. The summed E-state index contributed by atoms with van der Waals surface area (Å²) >= 11 is 1.69. The Bertz CT molecular complexity index is 937. The largest absolute Gasteiger partial charge is 0.346 e. The highest BCUT2D eigenvalue weighted by molar-refractivity contribution is 7.13. The van der Waals surface area contributed by atoms with E-state index in [4.69, 9.17) is 0 Å². The number of hydrogen-bond acceptors (Lipinski definition) is 6. The molecule has 2 aliphatic heterocycles. The molecule has 0 radical (unpaired) electrons. The predicted octanol–water partition coefficient (Wildman–Crippen LogP) is 2.26. The highest BCUT2D eigenvalue weighted by atomic mass is 32.1. The molecule has 0 spiro atoms. The van der Waals surface area contributed by atoms with Gasteiger partial charge in [-0.15, -0.1) is 11.3 Å². The first kappa shape index (κ1) is 19.6. The molecular weight excluding hydrogens is 384 g/mol. The number of amides is 2. The Balaban J connectivity index is 1.35. The normalized spacial score (nSPS) is 22.3. The molecule has 6 nitrogen and oxygen atoms in total. The average Bonchev–Trinajstić information content (AvgIpc) is 3.36. The summed E-state index contributed by atoms with van der Waals surface area (Å²) in [6.07, 6.45) is 2.54. The summed E-state index contributed by atoms with van der Waals surface area (Å²) in [5, 5.41) is 5.49. The zero-order valence-corrected chi connectivity index (χ0v) is 17.3. The van der Waals surface area contributed by atoms with Crippen LogP contribution in [0.25, 0.3) is 0 Å². The van der Waals surface area contributed by atoms with E-state index in [-0.39, 0.29) is 18.2 Å². The zero-order valence-electron chi connectivity index (χ0n) is 16.5. The third kappa shape index (κ3) is 4.34. The number of benzene rings is 1. The van der Waals surface area contributed by atoms with E-state index in [1.165, 1.54) is 5.56 Å². The molecule has 1 aromatic heterocycles. The fraction of sp³-hybridized carbons (Fsp3) is 0.409. The average molecular weight is 409 g/mol. The van der Waals surface area contributed by atoms with Gasteiger partial charge in [0.2, 0.25) is 11.8 Å². The highest BCUT2D eigenvalue weighted by Crippen LogP contribution is 2.30. The molecule has 2 saturated heterocycles. The van der Waals surface area contributed by atoms with Crippen molar-refractivity contribution < 1.29 is 9.59 Å². The number of hydrogen-bond donors (Lipinski definition) is 1. The zero-order chi connectivity index (χ0) is 20.3. The SMILES string of the molecule is CC[C@@]1(C#Cc2ccc(CN3CCN(c4nccs4)CC3)cc2)CC(=O)NC1=O. The van der Waals surface area contributed by atoms with Gasteiger partial charge in [0, 0.05) is 49.9 Å². The van der Waals surface area contributed by atoms with Crippen molar-refractivity contribution in [1.29, 1.82) is 0 Å². The van der Waals surface area contributed by atoms with Crippen LogP contribution in [0, 0.1) is 17.3 Å². The van der Waals surface area contributed by atoms with Crippen molar-refractivity contribution in [2.24, 2.45) is 5.41 Å². The Labute approximate surface area is 174 Å². The Kier molecular flexibility index (Phi) is 5.65. The van der Waals surface area contributed by atoms with E-state index in [0.717, 1.165) is 43.4 Å². The molecule has 1 aromatic carbocycles. The molecule has 0 bridgehead atoms. The highest BCUT2D eigenvalue weighted by Gasteiger charge is 2.44. The Morgan fingerprint density at radius 3 is 2.52 bits per heavy atom. The number of aromatic nitrogens is 1. The number of rotatable bonds is 4. The Morgan fingerprint density at radius 2 is 1.93 bits per heavy atom. The van der Waals surface area contributed by atoms with Gasteiger partial charge in [-0.25, -0.2) is 4.98 Å². The van der Waals surface area contributed by atoms with Crippen LogP contribution in [0.3, 0.4) is 0 Å². The van der Waals surface area contributed by atoms with Crippen molar-refractivity contribution in [3.05, 3.63) is 47.0 Å². The van der Waals surface area contributed by atoms with E-state index in [1.807, 2.05) is 30.6 Å². The van der Waals surface area contributed by atoms with Crippen molar-refractivity contribution in [3.63, 3.8) is 0 Å². The number of thiazole rings is 1. The van der Waals surface area contributed by atoms with E-state index < -0.39 is 5.41 Å². The second-order valence-corrected chi connectivity index (χ2v) is 8.39. The summed E-state index contributed by atoms with van der Waals surface area (Å²) in [4.78, 5) is 32.8. The Hall–Kier alpha value is -2.69. The molecule has 4 rings (SSSR count). The van der Waals surface area contributed by atoms with Crippen LogP contribution in [0.2, 0.25) is 0 Å². The smallest absolute Gasteiger partial charge is 0.245 e. The van der Waals surface area contributed by atoms with Gasteiger partial charge < -0.3 is 4.90 Å². The van der Waals surface area contributed by atoms with Crippen molar-refractivity contribution >= 4 is 28.3 Å². The lowest BCUT2D eigenvalue weighted by atomic mass is 9.84. The van der Waals surface area contributed by atoms with E-state index >= 15 is 0 Å². The molecule has 7 heteroatoms. The van der Waals surface area contributed by atoms with Crippen molar-refractivity contribution in [3.8, 4) is 11.8 Å². The van der Waals surface area contributed by atoms with Gasteiger partial charge in [-0.1, -0.05) is 30.9 Å². The maximum atomic E-state index is 12.1. The van der Waals surface area contributed by atoms with Crippen LogP contribution in [0.4, 0.5) is 5.13 Å². The summed E-state index contributed by atoms with van der Waals surface area (Å²) < 4.78 is 0. The molecule has 0 aliphatic carbocycles. The summed E-state index contributed by atoms with van der Waals surface area (Å²) in [7, 11) is 0. The molecule has 2 fully saturated rings. The molecule has 29 heavy (non-hydrogen) atoms. The summed E-state index contributed by atoms with van der Waals surface area (Å²) in [6.45, 7) is 6.83. The predicted molar refractivity (Wildman–Crippen MR) is 113 cm³/mol. The summed E-state index contributed by atoms with van der Waals surface area (Å²) in [5.41, 5.74) is 1.23. The number of anilines is 1. The van der Waals surface area contributed by atoms with Crippen LogP contribution in [0.15, 0.2) is 35.8 Å². The molecule has 0 unspecified atom stereocenters. The van der Waals surface area contributed by atoms with Gasteiger partial charge in [0.15, 0.2) is 5.13 Å². The number of imide groups is 1. The number of carbonyl (C=O) groups excluding carboxylic acids is 2. The van der Waals surface area contributed by atoms with Crippen LogP contribution in [-0.2, 0) is 16.1 Å².